The molecule has 238 valence electrons. The highest BCUT2D eigenvalue weighted by Crippen LogP contribution is 2.49. The minimum atomic E-state index is -4.94. The molecular formula is C35H36F5N3O2. The molecule has 5 nitrogen and oxygen atoms in total. The third kappa shape index (κ3) is 6.29. The molecule has 0 spiro atoms. The van der Waals surface area contributed by atoms with Crippen LogP contribution in [0, 0.1) is 30.4 Å². The Morgan fingerprint density at radius 1 is 0.844 bits per heavy atom. The Hall–Kier alpha value is -3.95. The minimum absolute atomic E-state index is 0.0460. The number of nitrogens with one attached hydrogen (secondary N) is 2. The predicted octanol–water partition coefficient (Wildman–Crippen LogP) is 8.66. The molecule has 3 aromatic rings. The molecule has 3 fully saturated rings. The number of carbonyl (C=O) groups is 2. The van der Waals surface area contributed by atoms with E-state index in [0.717, 1.165) is 37.4 Å². The van der Waals surface area contributed by atoms with Crippen LogP contribution in [0.25, 0.3) is 0 Å². The largest absolute Gasteiger partial charge is 0.419 e. The smallest absolute Gasteiger partial charge is 0.382 e. The third-order valence-corrected chi connectivity index (χ3v) is 9.74. The maximum absolute atomic E-state index is 15.2. The van der Waals surface area contributed by atoms with Crippen LogP contribution in [0.3, 0.4) is 0 Å². The number of nitrogens with zero attached hydrogens (tertiary/aromatic N) is 1. The lowest BCUT2D eigenvalue weighted by Gasteiger charge is -2.48. The zero-order valence-corrected chi connectivity index (χ0v) is 25.0. The van der Waals surface area contributed by atoms with E-state index >= 15 is 4.39 Å². The van der Waals surface area contributed by atoms with Gasteiger partial charge in [-0.15, -0.1) is 0 Å². The van der Waals surface area contributed by atoms with Crippen LogP contribution in [0.5, 0.6) is 0 Å². The van der Waals surface area contributed by atoms with Gasteiger partial charge < -0.3 is 15.5 Å². The van der Waals surface area contributed by atoms with Gasteiger partial charge in [0.25, 0.3) is 5.91 Å². The molecule has 0 bridgehead atoms. The number of hydrogen-bond donors (Lipinski definition) is 2. The minimum Gasteiger partial charge on any atom is -0.382 e. The van der Waals surface area contributed by atoms with Gasteiger partial charge in [-0.1, -0.05) is 43.5 Å². The summed E-state index contributed by atoms with van der Waals surface area (Å²) < 4.78 is 69.6. The number of rotatable bonds is 6. The van der Waals surface area contributed by atoms with Gasteiger partial charge in [0.1, 0.15) is 11.6 Å². The summed E-state index contributed by atoms with van der Waals surface area (Å²) in [6, 6.07) is 13.7. The lowest BCUT2D eigenvalue weighted by molar-refractivity contribution is -0.140. The summed E-state index contributed by atoms with van der Waals surface area (Å²) in [5, 5.41) is 6.12. The van der Waals surface area contributed by atoms with Gasteiger partial charge in [-0.2, -0.15) is 13.2 Å². The second kappa shape index (κ2) is 12.4. The summed E-state index contributed by atoms with van der Waals surface area (Å²) in [5.74, 6) is -4.08. The van der Waals surface area contributed by atoms with Crippen molar-refractivity contribution in [1.29, 1.82) is 0 Å². The number of benzene rings is 3. The number of amides is 2. The van der Waals surface area contributed by atoms with E-state index in [1.54, 1.807) is 17.9 Å². The number of alkyl halides is 3. The van der Waals surface area contributed by atoms with Gasteiger partial charge >= 0.3 is 6.18 Å². The Morgan fingerprint density at radius 2 is 1.56 bits per heavy atom. The average Bonchev–Trinajstić information content (AvgIpc) is 3.69. The Morgan fingerprint density at radius 3 is 2.24 bits per heavy atom. The molecule has 0 radical (unpaired) electrons. The summed E-state index contributed by atoms with van der Waals surface area (Å²) >= 11 is 0. The summed E-state index contributed by atoms with van der Waals surface area (Å²) in [6.07, 6.45) is 2.25. The van der Waals surface area contributed by atoms with E-state index in [1.165, 1.54) is 25.0 Å². The first-order chi connectivity index (χ1) is 21.5. The van der Waals surface area contributed by atoms with Gasteiger partial charge in [-0.3, -0.25) is 9.59 Å². The van der Waals surface area contributed by atoms with E-state index in [9.17, 15) is 27.2 Å². The summed E-state index contributed by atoms with van der Waals surface area (Å²) in [5.41, 5.74) is 0.336. The topological polar surface area (TPSA) is 61.4 Å². The van der Waals surface area contributed by atoms with E-state index in [4.69, 9.17) is 0 Å². The maximum Gasteiger partial charge on any atom is 0.419 e. The molecule has 45 heavy (non-hydrogen) atoms. The van der Waals surface area contributed by atoms with Crippen LogP contribution in [-0.4, -0.2) is 28.8 Å². The first-order valence-electron chi connectivity index (χ1n) is 15.6. The Kier molecular flexibility index (Phi) is 8.59. The molecule has 1 aliphatic heterocycles. The normalized spacial score (nSPS) is 23.6. The number of piperidine rings is 1. The second-order valence-electron chi connectivity index (χ2n) is 12.6. The number of carbonyl (C=O) groups excluding carboxylic acids is 2. The number of likely N-dealkylation sites (tertiary alicyclic amines) is 1. The van der Waals surface area contributed by atoms with E-state index < -0.39 is 47.1 Å². The molecule has 0 aromatic heterocycles. The van der Waals surface area contributed by atoms with Gasteiger partial charge in [-0.05, 0) is 92.5 Å². The Balaban J connectivity index is 1.39. The molecule has 4 atom stereocenters. The van der Waals surface area contributed by atoms with Gasteiger partial charge in [0, 0.05) is 23.5 Å². The standard InChI is InChI=1S/C35H36F5N3O2/c1-20-6-4-10-29(37)31(20)34(45)43-30-11-5-7-22(30)18-26(33(44)42-25-16-17-28(36)27(19-25)35(38,39)40)32(43)21-12-14-24(15-13-21)41-23-8-2-3-9-23/h4,6,10,12-17,19,22-23,26,30,32,41H,2-3,5,7-9,11,18H2,1H3,(H,42,44)/t22-,26?,30-,32?/m0/s1. The quantitative estimate of drug-likeness (QED) is 0.270. The van der Waals surface area contributed by atoms with Gasteiger partial charge in [0.15, 0.2) is 0 Å². The molecule has 2 unspecified atom stereocenters. The van der Waals surface area contributed by atoms with E-state index in [2.05, 4.69) is 10.6 Å². The van der Waals surface area contributed by atoms with Crippen LogP contribution in [0.2, 0.25) is 0 Å². The lowest BCUT2D eigenvalue weighted by Crippen LogP contribution is -2.54. The monoisotopic (exact) mass is 625 g/mol. The highest BCUT2D eigenvalue weighted by atomic mass is 19.4. The lowest BCUT2D eigenvalue weighted by atomic mass is 9.76. The fourth-order valence-electron chi connectivity index (χ4n) is 7.60. The maximum atomic E-state index is 15.2. The number of aryl methyl sites for hydroxylation is 1. The first-order valence-corrected chi connectivity index (χ1v) is 15.6. The van der Waals surface area contributed by atoms with Crippen molar-refractivity contribution in [2.24, 2.45) is 11.8 Å². The summed E-state index contributed by atoms with van der Waals surface area (Å²) in [7, 11) is 0. The van der Waals surface area contributed by atoms with Crippen LogP contribution in [0.4, 0.5) is 33.3 Å². The molecule has 2 amide bonds. The van der Waals surface area contributed by atoms with Crippen molar-refractivity contribution in [3.63, 3.8) is 0 Å². The molecule has 6 rings (SSSR count). The number of fused-ring (bicyclic) bond motifs is 1. The van der Waals surface area contributed by atoms with Crippen molar-refractivity contribution in [2.75, 3.05) is 10.6 Å². The SMILES string of the molecule is Cc1cccc(F)c1C(=O)N1C(c2ccc(NC3CCCC3)cc2)C(C(=O)Nc2ccc(F)c(C(F)(F)F)c2)C[C@@H]2CCC[C@@H]21. The van der Waals surface area contributed by atoms with Crippen LogP contribution in [0.1, 0.15) is 84.5 Å². The highest BCUT2D eigenvalue weighted by molar-refractivity contribution is 5.98. The van der Waals surface area contributed by atoms with Crippen molar-refractivity contribution >= 4 is 23.2 Å². The van der Waals surface area contributed by atoms with Crippen molar-refractivity contribution in [1.82, 2.24) is 4.90 Å². The Labute approximate surface area is 259 Å². The molecular weight excluding hydrogens is 589 g/mol. The van der Waals surface area contributed by atoms with Crippen LogP contribution in [-0.2, 0) is 11.0 Å². The number of hydrogen-bond acceptors (Lipinski definition) is 3. The summed E-state index contributed by atoms with van der Waals surface area (Å²) in [6.45, 7) is 1.67. The van der Waals surface area contributed by atoms with Gasteiger partial charge in [0.05, 0.1) is 23.1 Å². The zero-order valence-electron chi connectivity index (χ0n) is 25.0. The van der Waals surface area contributed by atoms with Gasteiger partial charge in [0.2, 0.25) is 5.91 Å². The first kappa shape index (κ1) is 31.0. The predicted molar refractivity (Wildman–Crippen MR) is 162 cm³/mol. The van der Waals surface area contributed by atoms with Crippen molar-refractivity contribution in [3.8, 4) is 0 Å². The van der Waals surface area contributed by atoms with Crippen molar-refractivity contribution in [2.45, 2.75) is 82.6 Å². The molecule has 3 aliphatic rings. The van der Waals surface area contributed by atoms with Crippen molar-refractivity contribution < 1.29 is 31.5 Å². The molecule has 2 saturated carbocycles. The molecule has 10 heteroatoms. The van der Waals surface area contributed by atoms with Crippen LogP contribution in [0.15, 0.2) is 60.7 Å². The second-order valence-corrected chi connectivity index (χ2v) is 12.6. The number of anilines is 2. The molecule has 1 heterocycles. The molecule has 3 aromatic carbocycles. The van der Waals surface area contributed by atoms with Crippen LogP contribution >= 0.6 is 0 Å². The van der Waals surface area contributed by atoms with Crippen LogP contribution < -0.4 is 10.6 Å². The fourth-order valence-corrected chi connectivity index (χ4v) is 7.60. The van der Waals surface area contributed by atoms with E-state index in [0.29, 0.717) is 42.1 Å². The number of halogens is 5. The molecule has 2 N–H and O–H groups in total. The third-order valence-electron chi connectivity index (χ3n) is 9.74. The van der Waals surface area contributed by atoms with E-state index in [-0.39, 0.29) is 23.2 Å². The molecule has 1 saturated heterocycles. The molecule has 2 aliphatic carbocycles. The van der Waals surface area contributed by atoms with E-state index in [1.807, 2.05) is 24.3 Å². The van der Waals surface area contributed by atoms with Gasteiger partial charge in [-0.25, -0.2) is 8.78 Å². The fraction of sp³-hybridized carbons (Fsp3) is 0.429. The Bertz CT molecular complexity index is 1550. The summed E-state index contributed by atoms with van der Waals surface area (Å²) in [4.78, 5) is 30.0. The zero-order chi connectivity index (χ0) is 31.9. The van der Waals surface area contributed by atoms with Crippen molar-refractivity contribution in [3.05, 3.63) is 94.6 Å². The average molecular weight is 626 g/mol. The highest BCUT2D eigenvalue weighted by Gasteiger charge is 2.50.